The molecule has 1 aliphatic rings. The highest BCUT2D eigenvalue weighted by Gasteiger charge is 2.34. The first-order valence-electron chi connectivity index (χ1n) is 7.13. The first kappa shape index (κ1) is 14.8. The molecule has 0 saturated carbocycles. The molecule has 1 aliphatic heterocycles. The normalized spacial score (nSPS) is 23.2. The van der Waals surface area contributed by atoms with E-state index in [0.717, 1.165) is 44.2 Å². The van der Waals surface area contributed by atoms with Gasteiger partial charge in [0.05, 0.1) is 6.61 Å². The third-order valence-corrected chi connectivity index (χ3v) is 3.94. The molecule has 19 heavy (non-hydrogen) atoms. The van der Waals surface area contributed by atoms with Crippen molar-refractivity contribution >= 4 is 11.6 Å². The topological polar surface area (TPSA) is 21.3 Å². The van der Waals surface area contributed by atoms with Crippen LogP contribution >= 0.6 is 11.6 Å². The molecule has 0 aliphatic carbocycles. The first-order chi connectivity index (χ1) is 9.10. The highest BCUT2D eigenvalue weighted by Crippen LogP contribution is 2.32. The van der Waals surface area contributed by atoms with Crippen molar-refractivity contribution in [1.82, 2.24) is 5.32 Å². The molecule has 0 amide bonds. The second kappa shape index (κ2) is 6.74. The molecule has 106 valence electrons. The van der Waals surface area contributed by atoms with Crippen LogP contribution in [0.25, 0.3) is 0 Å². The van der Waals surface area contributed by atoms with E-state index >= 15 is 0 Å². The Balaban J connectivity index is 1.99. The molecule has 0 bridgehead atoms. The molecule has 1 fully saturated rings. The van der Waals surface area contributed by atoms with Crippen LogP contribution in [0, 0.1) is 11.3 Å². The van der Waals surface area contributed by atoms with E-state index in [-0.39, 0.29) is 5.41 Å². The first-order valence-corrected chi connectivity index (χ1v) is 7.50. The molecule has 1 aromatic carbocycles. The minimum absolute atomic E-state index is 0.236. The van der Waals surface area contributed by atoms with Crippen molar-refractivity contribution in [3.63, 3.8) is 0 Å². The Kier molecular flexibility index (Phi) is 5.26. The van der Waals surface area contributed by atoms with Gasteiger partial charge in [0.2, 0.25) is 0 Å². The third kappa shape index (κ3) is 4.48. The molecule has 0 aromatic heterocycles. The van der Waals surface area contributed by atoms with Gasteiger partial charge in [-0.05, 0) is 43.0 Å². The maximum atomic E-state index is 6.07. The number of rotatable bonds is 6. The zero-order chi connectivity index (χ0) is 13.7. The Bertz CT molecular complexity index is 399. The van der Waals surface area contributed by atoms with Crippen LogP contribution in [0.1, 0.15) is 25.8 Å². The lowest BCUT2D eigenvalue weighted by Gasteiger charge is -2.28. The quantitative estimate of drug-likeness (QED) is 0.861. The second-order valence-electron chi connectivity index (χ2n) is 6.13. The molecule has 3 heteroatoms. The highest BCUT2D eigenvalue weighted by atomic mass is 35.5. The van der Waals surface area contributed by atoms with E-state index in [1.165, 1.54) is 5.56 Å². The SMILES string of the molecule is CC(C)CNCC1(Cc2cccc(Cl)c2)CCOC1. The van der Waals surface area contributed by atoms with Crippen LogP contribution in [0.15, 0.2) is 24.3 Å². The van der Waals surface area contributed by atoms with E-state index in [1.54, 1.807) is 0 Å². The smallest absolute Gasteiger partial charge is 0.0538 e. The lowest BCUT2D eigenvalue weighted by Crippen LogP contribution is -2.38. The van der Waals surface area contributed by atoms with Gasteiger partial charge in [0, 0.05) is 23.6 Å². The van der Waals surface area contributed by atoms with Gasteiger partial charge in [0.1, 0.15) is 0 Å². The molecule has 2 nitrogen and oxygen atoms in total. The summed E-state index contributed by atoms with van der Waals surface area (Å²) in [5.41, 5.74) is 1.55. The Morgan fingerprint density at radius 3 is 2.89 bits per heavy atom. The monoisotopic (exact) mass is 281 g/mol. The van der Waals surface area contributed by atoms with Crippen molar-refractivity contribution < 1.29 is 4.74 Å². The van der Waals surface area contributed by atoms with Crippen LogP contribution in [-0.4, -0.2) is 26.3 Å². The van der Waals surface area contributed by atoms with Gasteiger partial charge in [-0.25, -0.2) is 0 Å². The average Bonchev–Trinajstić information content (AvgIpc) is 2.77. The second-order valence-corrected chi connectivity index (χ2v) is 6.57. The summed E-state index contributed by atoms with van der Waals surface area (Å²) >= 11 is 6.07. The van der Waals surface area contributed by atoms with Crippen LogP contribution in [0.4, 0.5) is 0 Å². The summed E-state index contributed by atoms with van der Waals surface area (Å²) in [7, 11) is 0. The van der Waals surface area contributed by atoms with Crippen LogP contribution < -0.4 is 5.32 Å². The fraction of sp³-hybridized carbons (Fsp3) is 0.625. The molecule has 2 rings (SSSR count). The van der Waals surface area contributed by atoms with Gasteiger partial charge in [-0.15, -0.1) is 0 Å². The standard InChI is InChI=1S/C16H24ClNO/c1-13(2)10-18-11-16(6-7-19-12-16)9-14-4-3-5-15(17)8-14/h3-5,8,13,18H,6-7,9-12H2,1-2H3. The summed E-state index contributed by atoms with van der Waals surface area (Å²) in [5, 5.41) is 4.41. The van der Waals surface area contributed by atoms with Gasteiger partial charge in [0.25, 0.3) is 0 Å². The Labute approximate surface area is 121 Å². The van der Waals surface area contributed by atoms with E-state index in [4.69, 9.17) is 16.3 Å². The number of benzene rings is 1. The molecule has 1 heterocycles. The van der Waals surface area contributed by atoms with Gasteiger partial charge in [-0.1, -0.05) is 37.6 Å². The summed E-state index contributed by atoms with van der Waals surface area (Å²) in [6, 6.07) is 8.20. The number of ether oxygens (including phenoxy) is 1. The van der Waals surface area contributed by atoms with Crippen molar-refractivity contribution in [3.8, 4) is 0 Å². The molecule has 0 radical (unpaired) electrons. The maximum Gasteiger partial charge on any atom is 0.0538 e. The van der Waals surface area contributed by atoms with E-state index in [9.17, 15) is 0 Å². The zero-order valence-electron chi connectivity index (χ0n) is 11.9. The van der Waals surface area contributed by atoms with E-state index in [0.29, 0.717) is 5.92 Å². The molecule has 1 saturated heterocycles. The summed E-state index contributed by atoms with van der Waals surface area (Å²) in [4.78, 5) is 0. The van der Waals surface area contributed by atoms with E-state index in [1.807, 2.05) is 12.1 Å². The van der Waals surface area contributed by atoms with Crippen LogP contribution in [0.3, 0.4) is 0 Å². The molecule has 1 unspecified atom stereocenters. The zero-order valence-corrected chi connectivity index (χ0v) is 12.7. The lowest BCUT2D eigenvalue weighted by molar-refractivity contribution is 0.148. The highest BCUT2D eigenvalue weighted by molar-refractivity contribution is 6.30. The summed E-state index contributed by atoms with van der Waals surface area (Å²) in [6.45, 7) is 8.30. The van der Waals surface area contributed by atoms with Crippen molar-refractivity contribution in [1.29, 1.82) is 0 Å². The Hall–Kier alpha value is -0.570. The van der Waals surface area contributed by atoms with E-state index < -0.39 is 0 Å². The molecular formula is C16H24ClNO. The predicted octanol–water partition coefficient (Wildman–Crippen LogP) is 3.53. The molecule has 0 spiro atoms. The third-order valence-electron chi connectivity index (χ3n) is 3.71. The summed E-state index contributed by atoms with van der Waals surface area (Å²) in [5.74, 6) is 0.686. The molecule has 1 atom stereocenters. The van der Waals surface area contributed by atoms with Crippen molar-refractivity contribution in [2.45, 2.75) is 26.7 Å². The van der Waals surface area contributed by atoms with E-state index in [2.05, 4.69) is 31.3 Å². The minimum Gasteiger partial charge on any atom is -0.381 e. The summed E-state index contributed by atoms with van der Waals surface area (Å²) < 4.78 is 5.65. The van der Waals surface area contributed by atoms with Crippen molar-refractivity contribution in [2.24, 2.45) is 11.3 Å². The minimum atomic E-state index is 0.236. The van der Waals surface area contributed by atoms with Gasteiger partial charge in [-0.3, -0.25) is 0 Å². The van der Waals surface area contributed by atoms with Crippen LogP contribution in [-0.2, 0) is 11.2 Å². The largest absolute Gasteiger partial charge is 0.381 e. The van der Waals surface area contributed by atoms with Gasteiger partial charge in [0.15, 0.2) is 0 Å². The fourth-order valence-corrected chi connectivity index (χ4v) is 2.91. The van der Waals surface area contributed by atoms with Gasteiger partial charge < -0.3 is 10.1 Å². The maximum absolute atomic E-state index is 6.07. The van der Waals surface area contributed by atoms with Gasteiger partial charge in [-0.2, -0.15) is 0 Å². The number of halogens is 1. The van der Waals surface area contributed by atoms with Crippen LogP contribution in [0.5, 0.6) is 0 Å². The van der Waals surface area contributed by atoms with Crippen molar-refractivity contribution in [3.05, 3.63) is 34.9 Å². The Morgan fingerprint density at radius 1 is 1.42 bits per heavy atom. The number of hydrogen-bond donors (Lipinski definition) is 1. The molecule has 1 aromatic rings. The van der Waals surface area contributed by atoms with Crippen LogP contribution in [0.2, 0.25) is 5.02 Å². The van der Waals surface area contributed by atoms with Crippen molar-refractivity contribution in [2.75, 3.05) is 26.3 Å². The average molecular weight is 282 g/mol. The number of hydrogen-bond acceptors (Lipinski definition) is 2. The van der Waals surface area contributed by atoms with Gasteiger partial charge >= 0.3 is 0 Å². The molecule has 1 N–H and O–H groups in total. The molecular weight excluding hydrogens is 258 g/mol. The predicted molar refractivity (Wildman–Crippen MR) is 80.7 cm³/mol. The fourth-order valence-electron chi connectivity index (χ4n) is 2.70. The Morgan fingerprint density at radius 2 is 2.26 bits per heavy atom. The lowest BCUT2D eigenvalue weighted by atomic mass is 9.81. The number of nitrogens with one attached hydrogen (secondary N) is 1. The summed E-state index contributed by atoms with van der Waals surface area (Å²) in [6.07, 6.45) is 2.17.